The van der Waals surface area contributed by atoms with Gasteiger partial charge in [-0.25, -0.2) is 4.39 Å². The Kier molecular flexibility index (Phi) is 1.98. The van der Waals surface area contributed by atoms with E-state index >= 15 is 0 Å². The zero-order valence-corrected chi connectivity index (χ0v) is 5.01. The molecular formula is C5H9FS. The molecule has 0 aromatic heterocycles. The van der Waals surface area contributed by atoms with Gasteiger partial charge in [0.2, 0.25) is 0 Å². The molecule has 1 rings (SSSR count). The van der Waals surface area contributed by atoms with Crippen LogP contribution < -0.4 is 0 Å². The Hall–Kier alpha value is 0.280. The van der Waals surface area contributed by atoms with Gasteiger partial charge in [-0.3, -0.25) is 0 Å². The van der Waals surface area contributed by atoms with Gasteiger partial charge in [0.25, 0.3) is 0 Å². The monoisotopic (exact) mass is 120 g/mol. The van der Waals surface area contributed by atoms with E-state index in [4.69, 9.17) is 0 Å². The smallest absolute Gasteiger partial charge is 0.102 e. The van der Waals surface area contributed by atoms with Gasteiger partial charge in [0.05, 0.1) is 0 Å². The molecule has 1 fully saturated rings. The fraction of sp³-hybridized carbons (Fsp3) is 1.00. The lowest BCUT2D eigenvalue weighted by molar-refractivity contribution is 0.315. The molecule has 0 spiro atoms. The topological polar surface area (TPSA) is 0 Å². The maximum atomic E-state index is 12.2. The Morgan fingerprint density at radius 2 is 1.86 bits per heavy atom. The van der Waals surface area contributed by atoms with Crippen molar-refractivity contribution in [3.05, 3.63) is 0 Å². The van der Waals surface area contributed by atoms with Crippen molar-refractivity contribution in [2.75, 3.05) is 11.5 Å². The van der Waals surface area contributed by atoms with Gasteiger partial charge >= 0.3 is 0 Å². The minimum atomic E-state index is -0.485. The summed E-state index contributed by atoms with van der Waals surface area (Å²) in [6.45, 7) is 0. The van der Waals surface area contributed by atoms with Gasteiger partial charge in [-0.05, 0) is 24.3 Å². The number of halogens is 1. The van der Waals surface area contributed by atoms with Crippen LogP contribution in [-0.2, 0) is 0 Å². The Morgan fingerprint density at radius 3 is 2.14 bits per heavy atom. The van der Waals surface area contributed by atoms with E-state index in [1.54, 1.807) is 0 Å². The summed E-state index contributed by atoms with van der Waals surface area (Å²) in [5, 5.41) is 0. The van der Waals surface area contributed by atoms with Gasteiger partial charge in [-0.15, -0.1) is 0 Å². The number of thioether (sulfide) groups is 1. The molecule has 0 bridgehead atoms. The van der Waals surface area contributed by atoms with Crippen molar-refractivity contribution in [3.63, 3.8) is 0 Å². The minimum Gasteiger partial charge on any atom is -0.247 e. The predicted molar refractivity (Wildman–Crippen MR) is 31.5 cm³/mol. The van der Waals surface area contributed by atoms with Crippen LogP contribution in [0.1, 0.15) is 12.8 Å². The summed E-state index contributed by atoms with van der Waals surface area (Å²) in [6, 6.07) is 0. The molecule has 0 atom stereocenters. The Morgan fingerprint density at radius 1 is 1.29 bits per heavy atom. The maximum absolute atomic E-state index is 12.2. The van der Waals surface area contributed by atoms with Crippen molar-refractivity contribution in [1.29, 1.82) is 0 Å². The van der Waals surface area contributed by atoms with E-state index in [-0.39, 0.29) is 0 Å². The lowest BCUT2D eigenvalue weighted by atomic mass is 10.2. The van der Waals surface area contributed by atoms with E-state index in [1.165, 1.54) is 0 Å². The molecule has 2 heteroatoms. The number of alkyl halides is 1. The molecule has 0 saturated carbocycles. The Balaban J connectivity index is 2.12. The largest absolute Gasteiger partial charge is 0.247 e. The molecule has 0 radical (unpaired) electrons. The molecule has 0 nitrogen and oxygen atoms in total. The van der Waals surface area contributed by atoms with Gasteiger partial charge in [-0.1, -0.05) is 0 Å². The molecule has 0 aromatic rings. The Bertz CT molecular complexity index is 50.0. The van der Waals surface area contributed by atoms with Crippen LogP contribution in [0.15, 0.2) is 0 Å². The van der Waals surface area contributed by atoms with Crippen LogP contribution in [0.3, 0.4) is 0 Å². The van der Waals surface area contributed by atoms with Crippen molar-refractivity contribution < 1.29 is 4.39 Å². The van der Waals surface area contributed by atoms with E-state index in [2.05, 4.69) is 0 Å². The summed E-state index contributed by atoms with van der Waals surface area (Å²) in [5.41, 5.74) is 0. The quantitative estimate of drug-likeness (QED) is 0.470. The third-order valence-electron chi connectivity index (χ3n) is 1.15. The second-order valence-corrected chi connectivity index (χ2v) is 3.01. The molecule has 0 amide bonds. The van der Waals surface area contributed by atoms with Crippen molar-refractivity contribution in [3.8, 4) is 0 Å². The van der Waals surface area contributed by atoms with Gasteiger partial charge in [-0.2, -0.15) is 11.8 Å². The molecule has 0 N–H and O–H groups in total. The molecule has 7 heavy (non-hydrogen) atoms. The van der Waals surface area contributed by atoms with Crippen LogP contribution in [0.5, 0.6) is 0 Å². The molecule has 1 saturated heterocycles. The van der Waals surface area contributed by atoms with E-state index in [0.29, 0.717) is 0 Å². The first-order valence-corrected chi connectivity index (χ1v) is 3.77. The average molecular weight is 120 g/mol. The first-order chi connectivity index (χ1) is 3.39. The third-order valence-corrected chi connectivity index (χ3v) is 2.20. The van der Waals surface area contributed by atoms with Gasteiger partial charge < -0.3 is 0 Å². The molecule has 1 aliphatic rings. The van der Waals surface area contributed by atoms with E-state index < -0.39 is 6.17 Å². The molecule has 0 aliphatic carbocycles. The van der Waals surface area contributed by atoms with Crippen LogP contribution in [0.2, 0.25) is 0 Å². The third kappa shape index (κ3) is 1.68. The second kappa shape index (κ2) is 2.55. The minimum absolute atomic E-state index is 0.485. The predicted octanol–water partition coefficient (Wildman–Crippen LogP) is 1.85. The lowest BCUT2D eigenvalue weighted by Crippen LogP contribution is -2.08. The number of hydrogen-bond acceptors (Lipinski definition) is 1. The average Bonchev–Trinajstić information content (AvgIpc) is 1.69. The van der Waals surface area contributed by atoms with Crippen molar-refractivity contribution in [1.82, 2.24) is 0 Å². The fourth-order valence-corrected chi connectivity index (χ4v) is 1.72. The maximum Gasteiger partial charge on any atom is 0.102 e. The number of hydrogen-bond donors (Lipinski definition) is 0. The van der Waals surface area contributed by atoms with Crippen LogP contribution in [-0.4, -0.2) is 17.7 Å². The SMILES string of the molecule is FC1CCSCC1. The summed E-state index contributed by atoms with van der Waals surface area (Å²) >= 11 is 1.86. The zero-order chi connectivity index (χ0) is 5.11. The van der Waals surface area contributed by atoms with Gasteiger partial charge in [0.15, 0.2) is 0 Å². The first-order valence-electron chi connectivity index (χ1n) is 2.61. The van der Waals surface area contributed by atoms with E-state index in [9.17, 15) is 4.39 Å². The van der Waals surface area contributed by atoms with Gasteiger partial charge in [0.1, 0.15) is 6.17 Å². The first kappa shape index (κ1) is 5.42. The van der Waals surface area contributed by atoms with Crippen molar-refractivity contribution in [2.24, 2.45) is 0 Å². The summed E-state index contributed by atoms with van der Waals surface area (Å²) in [6.07, 6.45) is 1.08. The highest BCUT2D eigenvalue weighted by Gasteiger charge is 2.10. The molecule has 0 aromatic carbocycles. The molecule has 42 valence electrons. The van der Waals surface area contributed by atoms with Crippen LogP contribution in [0.25, 0.3) is 0 Å². The molecule has 1 aliphatic heterocycles. The zero-order valence-electron chi connectivity index (χ0n) is 4.19. The van der Waals surface area contributed by atoms with Crippen LogP contribution in [0, 0.1) is 0 Å². The second-order valence-electron chi connectivity index (χ2n) is 1.79. The highest BCUT2D eigenvalue weighted by Crippen LogP contribution is 2.18. The Labute approximate surface area is 47.5 Å². The molecular weight excluding hydrogens is 111 g/mol. The summed E-state index contributed by atoms with van der Waals surface area (Å²) in [5.74, 6) is 2.06. The van der Waals surface area contributed by atoms with Gasteiger partial charge in [0, 0.05) is 0 Å². The van der Waals surface area contributed by atoms with E-state index in [1.807, 2.05) is 11.8 Å². The summed E-state index contributed by atoms with van der Waals surface area (Å²) in [7, 11) is 0. The normalized spacial score (nSPS) is 25.3. The highest BCUT2D eigenvalue weighted by molar-refractivity contribution is 7.99. The van der Waals surface area contributed by atoms with Crippen LogP contribution in [0.4, 0.5) is 4.39 Å². The van der Waals surface area contributed by atoms with E-state index in [0.717, 1.165) is 24.3 Å². The summed E-state index contributed by atoms with van der Waals surface area (Å²) < 4.78 is 12.2. The van der Waals surface area contributed by atoms with Crippen molar-refractivity contribution >= 4 is 11.8 Å². The van der Waals surface area contributed by atoms with Crippen molar-refractivity contribution in [2.45, 2.75) is 19.0 Å². The summed E-state index contributed by atoms with van der Waals surface area (Å²) in [4.78, 5) is 0. The molecule has 0 unspecified atom stereocenters. The van der Waals surface area contributed by atoms with Crippen LogP contribution >= 0.6 is 11.8 Å². The lowest BCUT2D eigenvalue weighted by Gasteiger charge is -2.12. The standard InChI is InChI=1S/C5H9FS/c6-5-1-3-7-4-2-5/h5H,1-4H2. The molecule has 1 heterocycles. The number of rotatable bonds is 0. The fourth-order valence-electron chi connectivity index (χ4n) is 0.669. The highest BCUT2D eigenvalue weighted by atomic mass is 32.2.